The molecule has 4 heteroatoms. The van der Waals surface area contributed by atoms with Gasteiger partial charge in [0.2, 0.25) is 0 Å². The molecule has 0 fully saturated rings. The molecule has 0 aromatic carbocycles. The highest BCUT2D eigenvalue weighted by atomic mass is 16.1. The summed E-state index contributed by atoms with van der Waals surface area (Å²) in [6.07, 6.45) is 4.15. The van der Waals surface area contributed by atoms with Crippen molar-refractivity contribution in [3.05, 3.63) is 41.3 Å². The van der Waals surface area contributed by atoms with E-state index in [-0.39, 0.29) is 5.78 Å². The van der Waals surface area contributed by atoms with E-state index in [9.17, 15) is 4.79 Å². The van der Waals surface area contributed by atoms with Crippen molar-refractivity contribution in [1.82, 2.24) is 14.8 Å². The molecule has 0 N–H and O–H groups in total. The Kier molecular flexibility index (Phi) is 4.33. The normalized spacial score (nSPS) is 17.8. The molecule has 0 bridgehead atoms. The van der Waals surface area contributed by atoms with Crippen LogP contribution < -0.4 is 0 Å². The quantitative estimate of drug-likeness (QED) is 0.861. The first-order valence-electron chi connectivity index (χ1n) is 8.52. The van der Waals surface area contributed by atoms with Gasteiger partial charge in [-0.05, 0) is 42.7 Å². The molecule has 0 aliphatic heterocycles. The molecule has 0 saturated heterocycles. The zero-order valence-electron chi connectivity index (χ0n) is 14.4. The topological polar surface area (TPSA) is 47.8 Å². The Bertz CT molecular complexity index is 701. The van der Waals surface area contributed by atoms with E-state index in [1.165, 1.54) is 0 Å². The maximum absolute atomic E-state index is 12.8. The predicted molar refractivity (Wildman–Crippen MR) is 90.9 cm³/mol. The lowest BCUT2D eigenvalue weighted by atomic mass is 9.79. The molecule has 0 amide bonds. The first-order chi connectivity index (χ1) is 11.0. The van der Waals surface area contributed by atoms with Crippen LogP contribution in [0.2, 0.25) is 0 Å². The number of pyridine rings is 1. The van der Waals surface area contributed by atoms with Gasteiger partial charge in [-0.3, -0.25) is 4.79 Å². The smallest absolute Gasteiger partial charge is 0.166 e. The second-order valence-electron chi connectivity index (χ2n) is 7.30. The molecule has 2 heterocycles. The minimum absolute atomic E-state index is 0.253. The number of rotatable bonds is 4. The van der Waals surface area contributed by atoms with E-state index in [2.05, 4.69) is 32.7 Å². The Morgan fingerprint density at radius 3 is 2.61 bits per heavy atom. The average molecular weight is 311 g/mol. The SMILES string of the molecule is CC(C)Cc1nn(-c2ccccn2)c2c1C(=O)CC(C(C)C)C2. The van der Waals surface area contributed by atoms with E-state index in [0.717, 1.165) is 35.6 Å². The molecule has 1 aliphatic carbocycles. The van der Waals surface area contributed by atoms with E-state index in [1.54, 1.807) is 6.20 Å². The number of Topliss-reactive ketones (excluding diaryl/α,β-unsaturated/α-hetero) is 1. The fourth-order valence-electron chi connectivity index (χ4n) is 3.34. The van der Waals surface area contributed by atoms with Crippen LogP contribution in [0.4, 0.5) is 0 Å². The summed E-state index contributed by atoms with van der Waals surface area (Å²) in [5.41, 5.74) is 2.85. The monoisotopic (exact) mass is 311 g/mol. The summed E-state index contributed by atoms with van der Waals surface area (Å²) in [7, 11) is 0. The zero-order valence-corrected chi connectivity index (χ0v) is 14.4. The third-order valence-corrected chi connectivity index (χ3v) is 4.65. The number of ketones is 1. The second-order valence-corrected chi connectivity index (χ2v) is 7.30. The summed E-state index contributed by atoms with van der Waals surface area (Å²) in [4.78, 5) is 17.2. The van der Waals surface area contributed by atoms with Crippen LogP contribution in [0.15, 0.2) is 24.4 Å². The van der Waals surface area contributed by atoms with Gasteiger partial charge < -0.3 is 0 Å². The molecule has 4 nitrogen and oxygen atoms in total. The van der Waals surface area contributed by atoms with Gasteiger partial charge in [0.1, 0.15) is 0 Å². The Hall–Kier alpha value is -1.97. The maximum Gasteiger partial charge on any atom is 0.166 e. The molecular formula is C19H25N3O. The van der Waals surface area contributed by atoms with Crippen molar-refractivity contribution in [2.24, 2.45) is 17.8 Å². The van der Waals surface area contributed by atoms with Crippen molar-refractivity contribution in [2.45, 2.75) is 47.0 Å². The second kappa shape index (κ2) is 6.26. The molecular weight excluding hydrogens is 286 g/mol. The van der Waals surface area contributed by atoms with Crippen LogP contribution in [-0.4, -0.2) is 20.5 Å². The summed E-state index contributed by atoms with van der Waals surface area (Å²) in [6, 6.07) is 5.82. The lowest BCUT2D eigenvalue weighted by Crippen LogP contribution is -2.25. The van der Waals surface area contributed by atoms with Gasteiger partial charge in [0.05, 0.1) is 17.0 Å². The molecule has 1 unspecified atom stereocenters. The van der Waals surface area contributed by atoms with Gasteiger partial charge in [0.25, 0.3) is 0 Å². The van der Waals surface area contributed by atoms with Crippen molar-refractivity contribution < 1.29 is 4.79 Å². The standard InChI is InChI=1S/C19H25N3O/c1-12(2)9-15-19-16(10-14(13(3)4)11-17(19)23)22(21-15)18-7-5-6-8-20-18/h5-8,12-14H,9-11H2,1-4H3. The van der Waals surface area contributed by atoms with Gasteiger partial charge in [0, 0.05) is 12.6 Å². The van der Waals surface area contributed by atoms with Crippen LogP contribution in [0.5, 0.6) is 0 Å². The average Bonchev–Trinajstić information content (AvgIpc) is 2.86. The van der Waals surface area contributed by atoms with Crippen molar-refractivity contribution in [2.75, 3.05) is 0 Å². The lowest BCUT2D eigenvalue weighted by molar-refractivity contribution is 0.0931. The minimum Gasteiger partial charge on any atom is -0.294 e. The first-order valence-corrected chi connectivity index (χ1v) is 8.52. The predicted octanol–water partition coefficient (Wildman–Crippen LogP) is 3.87. The molecule has 2 aromatic rings. The summed E-state index contributed by atoms with van der Waals surface area (Å²) in [5.74, 6) is 2.41. The fourth-order valence-corrected chi connectivity index (χ4v) is 3.34. The van der Waals surface area contributed by atoms with Gasteiger partial charge in [-0.25, -0.2) is 9.67 Å². The summed E-state index contributed by atoms with van der Waals surface area (Å²) in [5, 5.41) is 4.78. The molecule has 1 aliphatic rings. The largest absolute Gasteiger partial charge is 0.294 e. The van der Waals surface area contributed by atoms with Gasteiger partial charge >= 0.3 is 0 Å². The highest BCUT2D eigenvalue weighted by Gasteiger charge is 2.33. The molecule has 2 aromatic heterocycles. The summed E-state index contributed by atoms with van der Waals surface area (Å²) >= 11 is 0. The Morgan fingerprint density at radius 1 is 1.22 bits per heavy atom. The van der Waals surface area contributed by atoms with Crippen molar-refractivity contribution in [3.63, 3.8) is 0 Å². The number of hydrogen-bond donors (Lipinski definition) is 0. The van der Waals surface area contributed by atoms with Crippen LogP contribution >= 0.6 is 0 Å². The Labute approximate surface area is 137 Å². The van der Waals surface area contributed by atoms with E-state index in [4.69, 9.17) is 5.10 Å². The fraction of sp³-hybridized carbons (Fsp3) is 0.526. The number of aromatic nitrogens is 3. The maximum atomic E-state index is 12.8. The third kappa shape index (κ3) is 3.07. The summed E-state index contributed by atoms with van der Waals surface area (Å²) in [6.45, 7) is 8.71. The van der Waals surface area contributed by atoms with Crippen LogP contribution in [-0.2, 0) is 12.8 Å². The highest BCUT2D eigenvalue weighted by molar-refractivity contribution is 5.99. The summed E-state index contributed by atoms with van der Waals surface area (Å²) < 4.78 is 1.90. The first kappa shape index (κ1) is 15.9. The van der Waals surface area contributed by atoms with E-state index < -0.39 is 0 Å². The molecule has 1 atom stereocenters. The van der Waals surface area contributed by atoms with Crippen molar-refractivity contribution in [1.29, 1.82) is 0 Å². The number of carbonyl (C=O) groups excluding carboxylic acids is 1. The van der Waals surface area contributed by atoms with E-state index >= 15 is 0 Å². The Morgan fingerprint density at radius 2 is 2.00 bits per heavy atom. The van der Waals surface area contributed by atoms with Crippen molar-refractivity contribution >= 4 is 5.78 Å². The molecule has 3 rings (SSSR count). The highest BCUT2D eigenvalue weighted by Crippen LogP contribution is 2.33. The van der Waals surface area contributed by atoms with Gasteiger partial charge in [-0.15, -0.1) is 0 Å². The number of nitrogens with zero attached hydrogens (tertiary/aromatic N) is 3. The molecule has 0 radical (unpaired) electrons. The van der Waals surface area contributed by atoms with Gasteiger partial charge in [-0.2, -0.15) is 5.10 Å². The third-order valence-electron chi connectivity index (χ3n) is 4.65. The Balaban J connectivity index is 2.12. The van der Waals surface area contributed by atoms with Gasteiger partial charge in [-0.1, -0.05) is 33.8 Å². The zero-order chi connectivity index (χ0) is 16.6. The molecule has 0 saturated carbocycles. The van der Waals surface area contributed by atoms with E-state index in [1.807, 2.05) is 22.9 Å². The van der Waals surface area contributed by atoms with Gasteiger partial charge in [0.15, 0.2) is 11.6 Å². The van der Waals surface area contributed by atoms with Crippen LogP contribution in [0.3, 0.4) is 0 Å². The number of carbonyl (C=O) groups is 1. The number of hydrogen-bond acceptors (Lipinski definition) is 3. The van der Waals surface area contributed by atoms with Crippen LogP contribution in [0, 0.1) is 17.8 Å². The molecule has 0 spiro atoms. The van der Waals surface area contributed by atoms with Crippen molar-refractivity contribution in [3.8, 4) is 5.82 Å². The molecule has 23 heavy (non-hydrogen) atoms. The lowest BCUT2D eigenvalue weighted by Gasteiger charge is -2.25. The van der Waals surface area contributed by atoms with Crippen LogP contribution in [0.25, 0.3) is 5.82 Å². The van der Waals surface area contributed by atoms with Crippen LogP contribution in [0.1, 0.15) is 55.9 Å². The number of fused-ring (bicyclic) bond motifs is 1. The minimum atomic E-state index is 0.253. The molecule has 122 valence electrons. The van der Waals surface area contributed by atoms with E-state index in [0.29, 0.717) is 24.2 Å².